The van der Waals surface area contributed by atoms with Gasteiger partial charge < -0.3 is 10.4 Å². The second kappa shape index (κ2) is 5.46. The number of nitrogens with zero attached hydrogens (tertiary/aromatic N) is 1. The standard InChI is InChI=1S/C11H18N2O3S/c1-8(2)9(14)7-13-11-10(17(3,15)16)5-4-6-12-11/h4-6,8-9,14H,7H2,1-3H3,(H,12,13). The van der Waals surface area contributed by atoms with Crippen molar-refractivity contribution in [2.75, 3.05) is 18.1 Å². The van der Waals surface area contributed by atoms with Crippen LogP contribution in [0.3, 0.4) is 0 Å². The molecule has 6 heteroatoms. The third-order valence-electron chi connectivity index (χ3n) is 2.42. The molecule has 0 amide bonds. The van der Waals surface area contributed by atoms with Gasteiger partial charge in [0.2, 0.25) is 0 Å². The second-order valence-electron chi connectivity index (χ2n) is 4.31. The summed E-state index contributed by atoms with van der Waals surface area (Å²) < 4.78 is 23.0. The molecule has 1 atom stereocenters. The van der Waals surface area contributed by atoms with Crippen molar-refractivity contribution in [2.24, 2.45) is 5.92 Å². The van der Waals surface area contributed by atoms with E-state index in [1.165, 1.54) is 12.3 Å². The highest BCUT2D eigenvalue weighted by atomic mass is 32.2. The molecule has 0 aliphatic rings. The Bertz CT molecular complexity index is 471. The van der Waals surface area contributed by atoms with Gasteiger partial charge in [0.25, 0.3) is 0 Å². The van der Waals surface area contributed by atoms with Crippen molar-refractivity contribution in [2.45, 2.75) is 24.8 Å². The van der Waals surface area contributed by atoms with Crippen molar-refractivity contribution in [3.8, 4) is 0 Å². The first-order valence-corrected chi connectivity index (χ1v) is 7.28. The summed E-state index contributed by atoms with van der Waals surface area (Å²) in [7, 11) is -3.31. The summed E-state index contributed by atoms with van der Waals surface area (Å²) in [4.78, 5) is 4.12. The van der Waals surface area contributed by atoms with Crippen molar-refractivity contribution in [3.05, 3.63) is 18.3 Å². The van der Waals surface area contributed by atoms with Gasteiger partial charge in [0, 0.05) is 19.0 Å². The minimum Gasteiger partial charge on any atom is -0.391 e. The Morgan fingerprint density at radius 2 is 2.12 bits per heavy atom. The first-order valence-electron chi connectivity index (χ1n) is 5.39. The summed E-state index contributed by atoms with van der Waals surface area (Å²) in [5, 5.41) is 12.5. The van der Waals surface area contributed by atoms with Gasteiger partial charge >= 0.3 is 0 Å². The number of anilines is 1. The van der Waals surface area contributed by atoms with Crippen LogP contribution >= 0.6 is 0 Å². The molecule has 0 fully saturated rings. The molecule has 5 nitrogen and oxygen atoms in total. The van der Waals surface area contributed by atoms with Gasteiger partial charge in [0.05, 0.1) is 6.10 Å². The molecule has 0 aromatic carbocycles. The molecule has 1 unspecified atom stereocenters. The van der Waals surface area contributed by atoms with Crippen LogP contribution < -0.4 is 5.32 Å². The SMILES string of the molecule is CC(C)C(O)CNc1ncccc1S(C)(=O)=O. The van der Waals surface area contributed by atoms with E-state index in [4.69, 9.17) is 0 Å². The number of pyridine rings is 1. The fourth-order valence-electron chi connectivity index (χ4n) is 1.26. The summed E-state index contributed by atoms with van der Waals surface area (Å²) >= 11 is 0. The molecule has 17 heavy (non-hydrogen) atoms. The summed E-state index contributed by atoms with van der Waals surface area (Å²) in [5.74, 6) is 0.391. The molecule has 2 N–H and O–H groups in total. The average Bonchev–Trinajstić information content (AvgIpc) is 2.24. The smallest absolute Gasteiger partial charge is 0.179 e. The van der Waals surface area contributed by atoms with E-state index in [9.17, 15) is 13.5 Å². The number of aliphatic hydroxyl groups is 1. The molecule has 0 radical (unpaired) electrons. The van der Waals surface area contributed by atoms with E-state index in [-0.39, 0.29) is 23.2 Å². The minimum absolute atomic E-state index is 0.105. The zero-order valence-electron chi connectivity index (χ0n) is 10.2. The maximum absolute atomic E-state index is 11.5. The summed E-state index contributed by atoms with van der Waals surface area (Å²) in [6.45, 7) is 4.06. The van der Waals surface area contributed by atoms with Crippen molar-refractivity contribution in [1.82, 2.24) is 4.98 Å². The van der Waals surface area contributed by atoms with Gasteiger partial charge in [0.1, 0.15) is 10.7 Å². The lowest BCUT2D eigenvalue weighted by Crippen LogP contribution is -2.25. The molecule has 1 aromatic rings. The quantitative estimate of drug-likeness (QED) is 0.821. The van der Waals surface area contributed by atoms with E-state index < -0.39 is 15.9 Å². The Hall–Kier alpha value is -1.14. The largest absolute Gasteiger partial charge is 0.391 e. The molecule has 0 saturated heterocycles. The van der Waals surface area contributed by atoms with Crippen LogP contribution in [-0.2, 0) is 9.84 Å². The van der Waals surface area contributed by atoms with Gasteiger partial charge in [-0.1, -0.05) is 13.8 Å². The highest BCUT2D eigenvalue weighted by Gasteiger charge is 2.15. The number of aromatic nitrogens is 1. The third kappa shape index (κ3) is 3.98. The number of aliphatic hydroxyl groups excluding tert-OH is 1. The number of nitrogens with one attached hydrogen (secondary N) is 1. The van der Waals surface area contributed by atoms with Gasteiger partial charge in [-0.15, -0.1) is 0 Å². The molecular formula is C11H18N2O3S. The molecule has 0 bridgehead atoms. The van der Waals surface area contributed by atoms with E-state index in [2.05, 4.69) is 10.3 Å². The lowest BCUT2D eigenvalue weighted by atomic mass is 10.1. The van der Waals surface area contributed by atoms with Gasteiger partial charge in [-0.3, -0.25) is 0 Å². The van der Waals surface area contributed by atoms with Crippen LogP contribution in [0.15, 0.2) is 23.2 Å². The molecule has 0 aliphatic carbocycles. The molecule has 1 aromatic heterocycles. The Balaban J connectivity index is 2.85. The summed E-state index contributed by atoms with van der Waals surface area (Å²) in [5.41, 5.74) is 0. The van der Waals surface area contributed by atoms with Gasteiger partial charge in [-0.05, 0) is 18.1 Å². The predicted octanol–water partition coefficient (Wildman–Crippen LogP) is 0.914. The highest BCUT2D eigenvalue weighted by Crippen LogP contribution is 2.17. The van der Waals surface area contributed by atoms with Crippen LogP contribution in [0.4, 0.5) is 5.82 Å². The number of sulfone groups is 1. The maximum atomic E-state index is 11.5. The zero-order chi connectivity index (χ0) is 13.1. The van der Waals surface area contributed by atoms with E-state index in [0.717, 1.165) is 6.26 Å². The van der Waals surface area contributed by atoms with Gasteiger partial charge in [0.15, 0.2) is 9.84 Å². The maximum Gasteiger partial charge on any atom is 0.179 e. The number of rotatable bonds is 5. The molecule has 1 heterocycles. The summed E-state index contributed by atoms with van der Waals surface area (Å²) in [6, 6.07) is 3.06. The number of hydrogen-bond donors (Lipinski definition) is 2. The lowest BCUT2D eigenvalue weighted by Gasteiger charge is -2.16. The van der Waals surface area contributed by atoms with Crippen molar-refractivity contribution in [3.63, 3.8) is 0 Å². The van der Waals surface area contributed by atoms with E-state index in [0.29, 0.717) is 0 Å². The highest BCUT2D eigenvalue weighted by molar-refractivity contribution is 7.90. The zero-order valence-corrected chi connectivity index (χ0v) is 11.0. The van der Waals surface area contributed by atoms with E-state index >= 15 is 0 Å². The Morgan fingerprint density at radius 1 is 1.47 bits per heavy atom. The first kappa shape index (κ1) is 13.9. The summed E-state index contributed by atoms with van der Waals surface area (Å²) in [6.07, 6.45) is 2.11. The van der Waals surface area contributed by atoms with Gasteiger partial charge in [-0.25, -0.2) is 13.4 Å². The molecular weight excluding hydrogens is 240 g/mol. The predicted molar refractivity (Wildman–Crippen MR) is 66.7 cm³/mol. The van der Waals surface area contributed by atoms with Crippen LogP contribution in [0.5, 0.6) is 0 Å². The first-order chi connectivity index (χ1) is 7.82. The van der Waals surface area contributed by atoms with E-state index in [1.54, 1.807) is 6.07 Å². The molecule has 1 rings (SSSR count). The monoisotopic (exact) mass is 258 g/mol. The Labute approximate surface area is 102 Å². The fraction of sp³-hybridized carbons (Fsp3) is 0.545. The van der Waals surface area contributed by atoms with Crippen LogP contribution in [-0.4, -0.2) is 37.4 Å². The molecule has 0 saturated carbocycles. The molecule has 0 aliphatic heterocycles. The Morgan fingerprint density at radius 3 is 2.65 bits per heavy atom. The van der Waals surface area contributed by atoms with Crippen LogP contribution in [0.1, 0.15) is 13.8 Å². The second-order valence-corrected chi connectivity index (χ2v) is 6.30. The van der Waals surface area contributed by atoms with Crippen LogP contribution in [0.25, 0.3) is 0 Å². The molecule has 96 valence electrons. The topological polar surface area (TPSA) is 79.3 Å². The van der Waals surface area contributed by atoms with Crippen molar-refractivity contribution < 1.29 is 13.5 Å². The van der Waals surface area contributed by atoms with Crippen LogP contribution in [0, 0.1) is 5.92 Å². The average molecular weight is 258 g/mol. The fourth-order valence-corrected chi connectivity index (χ4v) is 2.06. The van der Waals surface area contributed by atoms with Crippen molar-refractivity contribution >= 4 is 15.7 Å². The van der Waals surface area contributed by atoms with Crippen molar-refractivity contribution in [1.29, 1.82) is 0 Å². The third-order valence-corrected chi connectivity index (χ3v) is 3.55. The Kier molecular flexibility index (Phi) is 4.47. The van der Waals surface area contributed by atoms with Gasteiger partial charge in [-0.2, -0.15) is 0 Å². The minimum atomic E-state index is -3.31. The molecule has 0 spiro atoms. The lowest BCUT2D eigenvalue weighted by molar-refractivity contribution is 0.138. The normalized spacial score (nSPS) is 13.7. The van der Waals surface area contributed by atoms with E-state index in [1.807, 2.05) is 13.8 Å². The van der Waals surface area contributed by atoms with Crippen LogP contribution in [0.2, 0.25) is 0 Å². The number of hydrogen-bond acceptors (Lipinski definition) is 5.